The fourth-order valence-corrected chi connectivity index (χ4v) is 2.48. The van der Waals surface area contributed by atoms with Crippen molar-refractivity contribution in [3.63, 3.8) is 0 Å². The zero-order valence-corrected chi connectivity index (χ0v) is 13.1. The lowest BCUT2D eigenvalue weighted by atomic mass is 9.83. The summed E-state index contributed by atoms with van der Waals surface area (Å²) in [7, 11) is 0. The van der Waals surface area contributed by atoms with E-state index < -0.39 is 0 Å². The number of rotatable bonds is 1. The molecule has 1 nitrogen and oxygen atoms in total. The second-order valence-corrected chi connectivity index (χ2v) is 4.95. The molecule has 0 N–H and O–H groups in total. The third-order valence-corrected chi connectivity index (χ3v) is 3.18. The molecule has 0 amide bonds. The minimum Gasteiger partial charge on any atom is -0.301 e. The van der Waals surface area contributed by atoms with E-state index in [9.17, 15) is 0 Å². The van der Waals surface area contributed by atoms with Crippen molar-refractivity contribution >= 4 is 0 Å². The van der Waals surface area contributed by atoms with Gasteiger partial charge in [0.25, 0.3) is 0 Å². The molecule has 100 valence electrons. The van der Waals surface area contributed by atoms with Gasteiger partial charge in [-0.3, -0.25) is 0 Å². The van der Waals surface area contributed by atoms with Gasteiger partial charge in [0.2, 0.25) is 0 Å². The lowest BCUT2D eigenvalue weighted by molar-refractivity contribution is 0.197. The van der Waals surface area contributed by atoms with Crippen molar-refractivity contribution in [2.24, 2.45) is 5.41 Å². The van der Waals surface area contributed by atoms with Crippen LogP contribution < -0.4 is 0 Å². The average Bonchev–Trinajstić information content (AvgIpc) is 2.41. The lowest BCUT2D eigenvalue weighted by Gasteiger charge is -2.29. The first-order valence-corrected chi connectivity index (χ1v) is 7.29. The Hall–Kier alpha value is -0.0400. The van der Waals surface area contributed by atoms with Crippen molar-refractivity contribution in [3.05, 3.63) is 0 Å². The quantitative estimate of drug-likeness (QED) is 0.614. The molecule has 1 heterocycles. The number of hydrogen-bond acceptors (Lipinski definition) is 1. The first-order valence-electron chi connectivity index (χ1n) is 7.29. The third kappa shape index (κ3) is 7.27. The van der Waals surface area contributed by atoms with Gasteiger partial charge in [0.05, 0.1) is 0 Å². The monoisotopic (exact) mass is 229 g/mol. The Labute approximate surface area is 105 Å². The highest BCUT2D eigenvalue weighted by Crippen LogP contribution is 2.32. The average molecular weight is 229 g/mol. The van der Waals surface area contributed by atoms with E-state index in [1.165, 1.54) is 32.4 Å². The predicted octanol–water partition coefficient (Wildman–Crippen LogP) is 4.96. The zero-order valence-electron chi connectivity index (χ0n) is 13.1. The van der Waals surface area contributed by atoms with Gasteiger partial charge in [-0.15, -0.1) is 0 Å². The van der Waals surface area contributed by atoms with E-state index in [4.69, 9.17) is 0 Å². The summed E-state index contributed by atoms with van der Waals surface area (Å²) in [4.78, 5) is 2.61. The third-order valence-electron chi connectivity index (χ3n) is 3.18. The molecule has 0 saturated carbocycles. The fraction of sp³-hybridized carbons (Fsp3) is 1.00. The van der Waals surface area contributed by atoms with Crippen LogP contribution in [0.25, 0.3) is 0 Å². The van der Waals surface area contributed by atoms with E-state index in [2.05, 4.69) is 32.6 Å². The van der Waals surface area contributed by atoms with Crippen LogP contribution >= 0.6 is 0 Å². The van der Waals surface area contributed by atoms with Gasteiger partial charge in [-0.2, -0.15) is 0 Å². The first-order chi connectivity index (χ1) is 7.55. The highest BCUT2D eigenvalue weighted by Gasteiger charge is 2.26. The molecule has 1 aliphatic heterocycles. The van der Waals surface area contributed by atoms with Gasteiger partial charge >= 0.3 is 0 Å². The largest absolute Gasteiger partial charge is 0.301 e. The van der Waals surface area contributed by atoms with Gasteiger partial charge in [-0.25, -0.2) is 0 Å². The van der Waals surface area contributed by atoms with Crippen LogP contribution in [0.5, 0.6) is 0 Å². The maximum atomic E-state index is 2.61. The van der Waals surface area contributed by atoms with Gasteiger partial charge in [0.1, 0.15) is 0 Å². The minimum absolute atomic E-state index is 0.573. The summed E-state index contributed by atoms with van der Waals surface area (Å²) in [5.41, 5.74) is 0.573. The van der Waals surface area contributed by atoms with Crippen LogP contribution in [0.15, 0.2) is 0 Å². The minimum atomic E-state index is 0.573. The van der Waals surface area contributed by atoms with E-state index in [0.717, 1.165) is 6.04 Å². The molecular weight excluding hydrogens is 194 g/mol. The Morgan fingerprint density at radius 3 is 2.06 bits per heavy atom. The zero-order chi connectivity index (χ0) is 13.2. The molecule has 1 unspecified atom stereocenters. The van der Waals surface area contributed by atoms with Crippen molar-refractivity contribution < 1.29 is 0 Å². The van der Waals surface area contributed by atoms with Crippen LogP contribution in [0.2, 0.25) is 0 Å². The SMILES string of the molecule is CC.CC.CCN1CCCC(C)(C)CC1C. The molecule has 1 atom stereocenters. The second-order valence-electron chi connectivity index (χ2n) is 4.95. The number of hydrogen-bond donors (Lipinski definition) is 0. The molecule has 0 aromatic carbocycles. The van der Waals surface area contributed by atoms with Gasteiger partial charge in [0, 0.05) is 6.04 Å². The smallest absolute Gasteiger partial charge is 0.00718 e. The molecule has 1 rings (SSSR count). The van der Waals surface area contributed by atoms with Crippen molar-refractivity contribution in [1.82, 2.24) is 4.90 Å². The second kappa shape index (κ2) is 10.1. The van der Waals surface area contributed by atoms with Crippen LogP contribution in [0.3, 0.4) is 0 Å². The number of likely N-dealkylation sites (tertiary alicyclic amines) is 1. The molecule has 0 aliphatic carbocycles. The van der Waals surface area contributed by atoms with Crippen LogP contribution in [-0.4, -0.2) is 24.0 Å². The molecule has 0 aromatic rings. The molecule has 1 saturated heterocycles. The Kier molecular flexibility index (Phi) is 11.6. The summed E-state index contributed by atoms with van der Waals surface area (Å²) >= 11 is 0. The first kappa shape index (κ1) is 18.3. The summed E-state index contributed by atoms with van der Waals surface area (Å²) in [5.74, 6) is 0. The van der Waals surface area contributed by atoms with Crippen molar-refractivity contribution in [1.29, 1.82) is 0 Å². The van der Waals surface area contributed by atoms with Gasteiger partial charge in [-0.05, 0) is 44.7 Å². The van der Waals surface area contributed by atoms with Crippen molar-refractivity contribution in [2.75, 3.05) is 13.1 Å². The van der Waals surface area contributed by atoms with E-state index in [-0.39, 0.29) is 0 Å². The fourth-order valence-electron chi connectivity index (χ4n) is 2.48. The highest BCUT2D eigenvalue weighted by molar-refractivity contribution is 4.80. The summed E-state index contributed by atoms with van der Waals surface area (Å²) in [6.45, 7) is 20.0. The molecule has 0 aromatic heterocycles. The van der Waals surface area contributed by atoms with Gasteiger partial charge in [0.15, 0.2) is 0 Å². The Morgan fingerprint density at radius 1 is 1.12 bits per heavy atom. The highest BCUT2D eigenvalue weighted by atomic mass is 15.1. The lowest BCUT2D eigenvalue weighted by Crippen LogP contribution is -2.33. The summed E-state index contributed by atoms with van der Waals surface area (Å²) in [6.07, 6.45) is 4.14. The van der Waals surface area contributed by atoms with Gasteiger partial charge in [-0.1, -0.05) is 48.5 Å². The number of nitrogens with zero attached hydrogens (tertiary/aromatic N) is 1. The molecular formula is C15H35N. The van der Waals surface area contributed by atoms with Crippen LogP contribution in [0, 0.1) is 5.41 Å². The molecule has 1 heteroatoms. The molecule has 0 bridgehead atoms. The summed E-state index contributed by atoms with van der Waals surface area (Å²) < 4.78 is 0. The van der Waals surface area contributed by atoms with Crippen LogP contribution in [0.1, 0.15) is 74.7 Å². The molecule has 1 fully saturated rings. The predicted molar refractivity (Wildman–Crippen MR) is 77.0 cm³/mol. The molecule has 0 radical (unpaired) electrons. The van der Waals surface area contributed by atoms with E-state index in [1.54, 1.807) is 0 Å². The summed E-state index contributed by atoms with van der Waals surface area (Å²) in [5, 5.41) is 0. The van der Waals surface area contributed by atoms with E-state index >= 15 is 0 Å². The van der Waals surface area contributed by atoms with Crippen molar-refractivity contribution in [2.45, 2.75) is 80.7 Å². The van der Waals surface area contributed by atoms with E-state index in [1.807, 2.05) is 27.7 Å². The maximum absolute atomic E-state index is 2.61. The van der Waals surface area contributed by atoms with Crippen LogP contribution in [-0.2, 0) is 0 Å². The topological polar surface area (TPSA) is 3.24 Å². The molecule has 16 heavy (non-hydrogen) atoms. The standard InChI is InChI=1S/C11H23N.2C2H6/c1-5-12-8-6-7-11(3,4)9-10(12)2;2*1-2/h10H,5-9H2,1-4H3;2*1-2H3. The van der Waals surface area contributed by atoms with Crippen LogP contribution in [0.4, 0.5) is 0 Å². The Morgan fingerprint density at radius 2 is 1.62 bits per heavy atom. The molecule has 0 spiro atoms. The van der Waals surface area contributed by atoms with E-state index in [0.29, 0.717) is 5.41 Å². The maximum Gasteiger partial charge on any atom is 0.00718 e. The summed E-state index contributed by atoms with van der Waals surface area (Å²) in [6, 6.07) is 0.785. The van der Waals surface area contributed by atoms with Gasteiger partial charge < -0.3 is 4.90 Å². The Bertz CT molecular complexity index is 140. The van der Waals surface area contributed by atoms with Crippen molar-refractivity contribution in [3.8, 4) is 0 Å². The normalized spacial score (nSPS) is 24.4. The molecule has 1 aliphatic rings. The Balaban J connectivity index is 0.